The van der Waals surface area contributed by atoms with E-state index in [-0.39, 0.29) is 12.1 Å². The molecule has 0 bridgehead atoms. The molecule has 126 valence electrons. The Hall–Kier alpha value is -2.34. The number of anilines is 1. The number of hydrogen-bond acceptors (Lipinski definition) is 2. The Labute approximate surface area is 137 Å². The maximum Gasteiger partial charge on any atom is 0.418 e. The number of hydrogen-bond donors (Lipinski definition) is 1. The molecular formula is C18H16F3NO2. The predicted octanol–water partition coefficient (Wildman–Crippen LogP) is 4.35. The Balaban J connectivity index is 1.74. The summed E-state index contributed by atoms with van der Waals surface area (Å²) in [5.41, 5.74) is 0.933. The molecule has 0 aliphatic carbocycles. The molecule has 1 aliphatic rings. The minimum atomic E-state index is -4.52. The molecule has 2 aromatic carbocycles. The first-order chi connectivity index (χ1) is 11.4. The smallest absolute Gasteiger partial charge is 0.373 e. The normalized spacial score (nSPS) is 17.2. The molecule has 6 heteroatoms. The molecule has 0 saturated carbocycles. The minimum Gasteiger partial charge on any atom is -0.373 e. The second-order valence-electron chi connectivity index (χ2n) is 5.60. The van der Waals surface area contributed by atoms with Gasteiger partial charge in [0.25, 0.3) is 0 Å². The molecule has 0 unspecified atom stereocenters. The summed E-state index contributed by atoms with van der Waals surface area (Å²) >= 11 is 0. The number of fused-ring (bicyclic) bond motifs is 1. The molecule has 0 fully saturated rings. The zero-order valence-electron chi connectivity index (χ0n) is 12.8. The lowest BCUT2D eigenvalue weighted by molar-refractivity contribution is -0.137. The number of halogens is 3. The monoisotopic (exact) mass is 335 g/mol. The zero-order valence-corrected chi connectivity index (χ0v) is 12.8. The van der Waals surface area contributed by atoms with Crippen LogP contribution in [0.2, 0.25) is 0 Å². The molecule has 3 nitrogen and oxygen atoms in total. The molecular weight excluding hydrogens is 319 g/mol. The molecule has 3 rings (SSSR count). The van der Waals surface area contributed by atoms with Crippen molar-refractivity contribution in [3.05, 3.63) is 65.2 Å². The molecule has 0 saturated heterocycles. The molecule has 1 N–H and O–H groups in total. The van der Waals surface area contributed by atoms with E-state index in [1.807, 2.05) is 24.3 Å². The van der Waals surface area contributed by atoms with Gasteiger partial charge in [-0.2, -0.15) is 13.2 Å². The van der Waals surface area contributed by atoms with Crippen molar-refractivity contribution in [2.75, 3.05) is 11.9 Å². The van der Waals surface area contributed by atoms with Crippen molar-refractivity contribution in [3.8, 4) is 0 Å². The van der Waals surface area contributed by atoms with Gasteiger partial charge in [0.2, 0.25) is 5.91 Å². The van der Waals surface area contributed by atoms with Crippen molar-refractivity contribution in [2.45, 2.75) is 25.1 Å². The van der Waals surface area contributed by atoms with Crippen LogP contribution in [0.5, 0.6) is 0 Å². The molecule has 0 spiro atoms. The average molecular weight is 335 g/mol. The summed E-state index contributed by atoms with van der Waals surface area (Å²) in [7, 11) is 0. The Morgan fingerprint density at radius 1 is 1.12 bits per heavy atom. The van der Waals surface area contributed by atoms with Gasteiger partial charge < -0.3 is 10.1 Å². The molecule has 0 radical (unpaired) electrons. The number of rotatable bonds is 3. The largest absolute Gasteiger partial charge is 0.418 e. The van der Waals surface area contributed by atoms with Crippen LogP contribution in [0, 0.1) is 0 Å². The van der Waals surface area contributed by atoms with E-state index in [1.165, 1.54) is 18.2 Å². The highest BCUT2D eigenvalue weighted by atomic mass is 19.4. The van der Waals surface area contributed by atoms with Crippen LogP contribution in [0.4, 0.5) is 18.9 Å². The standard InChI is InChI=1S/C18H16F3NO2/c19-18(20,21)14-7-3-4-8-15(14)22-17(23)11-16-13-6-2-1-5-12(13)9-10-24-16/h1-8,16H,9-11H2,(H,22,23)/t16-/m1/s1. The van der Waals surface area contributed by atoms with E-state index >= 15 is 0 Å². The number of ether oxygens (including phenoxy) is 1. The molecule has 24 heavy (non-hydrogen) atoms. The second kappa shape index (κ2) is 6.65. The van der Waals surface area contributed by atoms with Crippen molar-refractivity contribution >= 4 is 11.6 Å². The van der Waals surface area contributed by atoms with Crippen LogP contribution in [-0.2, 0) is 22.1 Å². The number of nitrogens with one attached hydrogen (secondary N) is 1. The van der Waals surface area contributed by atoms with Crippen LogP contribution in [0.1, 0.15) is 29.2 Å². The summed E-state index contributed by atoms with van der Waals surface area (Å²) < 4.78 is 44.6. The van der Waals surface area contributed by atoms with Gasteiger partial charge in [-0.25, -0.2) is 0 Å². The van der Waals surface area contributed by atoms with E-state index in [0.29, 0.717) is 6.61 Å². The van der Waals surface area contributed by atoms with Crippen LogP contribution in [-0.4, -0.2) is 12.5 Å². The maximum atomic E-state index is 13.0. The van der Waals surface area contributed by atoms with E-state index in [1.54, 1.807) is 0 Å². The first kappa shape index (κ1) is 16.5. The lowest BCUT2D eigenvalue weighted by Crippen LogP contribution is -2.23. The lowest BCUT2D eigenvalue weighted by atomic mass is 9.95. The van der Waals surface area contributed by atoms with Crippen LogP contribution in [0.15, 0.2) is 48.5 Å². The van der Waals surface area contributed by atoms with E-state index in [4.69, 9.17) is 4.74 Å². The maximum absolute atomic E-state index is 13.0. The van der Waals surface area contributed by atoms with Crippen LogP contribution in [0.25, 0.3) is 0 Å². The highest BCUT2D eigenvalue weighted by Gasteiger charge is 2.33. The Morgan fingerprint density at radius 3 is 2.62 bits per heavy atom. The SMILES string of the molecule is O=C(C[C@H]1OCCc2ccccc21)Nc1ccccc1C(F)(F)F. The van der Waals surface area contributed by atoms with E-state index in [0.717, 1.165) is 23.6 Å². The molecule has 0 aromatic heterocycles. The highest BCUT2D eigenvalue weighted by Crippen LogP contribution is 2.35. The Kier molecular flexibility index (Phi) is 4.57. The minimum absolute atomic E-state index is 0.0246. The van der Waals surface area contributed by atoms with E-state index in [9.17, 15) is 18.0 Å². The fraction of sp³-hybridized carbons (Fsp3) is 0.278. The third-order valence-corrected chi connectivity index (χ3v) is 3.97. The van der Waals surface area contributed by atoms with Gasteiger partial charge in [-0.1, -0.05) is 36.4 Å². The number of para-hydroxylation sites is 1. The molecule has 1 amide bonds. The summed E-state index contributed by atoms with van der Waals surface area (Å²) in [6, 6.07) is 12.6. The number of alkyl halides is 3. The van der Waals surface area contributed by atoms with E-state index < -0.39 is 23.8 Å². The van der Waals surface area contributed by atoms with Gasteiger partial charge in [-0.3, -0.25) is 4.79 Å². The fourth-order valence-corrected chi connectivity index (χ4v) is 2.85. The first-order valence-corrected chi connectivity index (χ1v) is 7.60. The van der Waals surface area contributed by atoms with Crippen LogP contribution in [0.3, 0.4) is 0 Å². The van der Waals surface area contributed by atoms with Crippen molar-refractivity contribution in [1.29, 1.82) is 0 Å². The van der Waals surface area contributed by atoms with Crippen LogP contribution < -0.4 is 5.32 Å². The van der Waals surface area contributed by atoms with Gasteiger partial charge in [-0.05, 0) is 29.7 Å². The molecule has 1 atom stereocenters. The number of carbonyl (C=O) groups is 1. The average Bonchev–Trinajstić information content (AvgIpc) is 2.54. The highest BCUT2D eigenvalue weighted by molar-refractivity contribution is 5.92. The summed E-state index contributed by atoms with van der Waals surface area (Å²) in [5, 5.41) is 2.36. The second-order valence-corrected chi connectivity index (χ2v) is 5.60. The third kappa shape index (κ3) is 3.59. The van der Waals surface area contributed by atoms with Gasteiger partial charge in [0.15, 0.2) is 0 Å². The zero-order chi connectivity index (χ0) is 17.2. The fourth-order valence-electron chi connectivity index (χ4n) is 2.85. The molecule has 1 aliphatic heterocycles. The number of carbonyl (C=O) groups excluding carboxylic acids is 1. The van der Waals surface area contributed by atoms with Crippen LogP contribution >= 0.6 is 0 Å². The van der Waals surface area contributed by atoms with Gasteiger partial charge in [0, 0.05) is 0 Å². The summed E-state index contributed by atoms with van der Waals surface area (Å²) in [6.07, 6.45) is -4.21. The van der Waals surface area contributed by atoms with E-state index in [2.05, 4.69) is 5.32 Å². The quantitative estimate of drug-likeness (QED) is 0.906. The topological polar surface area (TPSA) is 38.3 Å². The Morgan fingerprint density at radius 2 is 1.83 bits per heavy atom. The summed E-state index contributed by atoms with van der Waals surface area (Å²) in [6.45, 7) is 0.494. The number of benzene rings is 2. The first-order valence-electron chi connectivity index (χ1n) is 7.60. The molecule has 1 heterocycles. The summed E-state index contributed by atoms with van der Waals surface area (Å²) in [4.78, 5) is 12.2. The Bertz CT molecular complexity index is 743. The van der Waals surface area contributed by atoms with Crippen molar-refractivity contribution < 1.29 is 22.7 Å². The van der Waals surface area contributed by atoms with Gasteiger partial charge in [0.1, 0.15) is 0 Å². The van der Waals surface area contributed by atoms with Gasteiger partial charge >= 0.3 is 6.18 Å². The molecule has 2 aromatic rings. The lowest BCUT2D eigenvalue weighted by Gasteiger charge is -2.25. The van der Waals surface area contributed by atoms with Gasteiger partial charge in [-0.15, -0.1) is 0 Å². The number of amides is 1. The van der Waals surface area contributed by atoms with Crippen molar-refractivity contribution in [2.24, 2.45) is 0 Å². The van der Waals surface area contributed by atoms with Gasteiger partial charge in [0.05, 0.1) is 30.4 Å². The predicted molar refractivity (Wildman–Crippen MR) is 83.5 cm³/mol. The van der Waals surface area contributed by atoms with Crippen molar-refractivity contribution in [3.63, 3.8) is 0 Å². The van der Waals surface area contributed by atoms with Crippen molar-refractivity contribution in [1.82, 2.24) is 0 Å². The third-order valence-electron chi connectivity index (χ3n) is 3.97. The summed E-state index contributed by atoms with van der Waals surface area (Å²) in [5.74, 6) is -0.506.